The Kier molecular flexibility index (Phi) is 8.40. The van der Waals surface area contributed by atoms with Crippen LogP contribution < -0.4 is 0 Å². The number of benzene rings is 2. The molecule has 0 spiro atoms. The van der Waals surface area contributed by atoms with Crippen LogP contribution in [0.2, 0.25) is 5.02 Å². The van der Waals surface area contributed by atoms with Crippen LogP contribution in [0.15, 0.2) is 57.9 Å². The third-order valence-corrected chi connectivity index (χ3v) is 8.28. The summed E-state index contributed by atoms with van der Waals surface area (Å²) >= 11 is 5.97. The molecule has 2 heterocycles. The van der Waals surface area contributed by atoms with Gasteiger partial charge in [-0.25, -0.2) is 8.42 Å². The molecule has 0 bridgehead atoms. The summed E-state index contributed by atoms with van der Waals surface area (Å²) in [6.07, 6.45) is 2.35. The minimum absolute atomic E-state index is 0.0538. The number of aryl methyl sites for hydroxylation is 1. The summed E-state index contributed by atoms with van der Waals surface area (Å²) in [4.78, 5) is 19.8. The van der Waals surface area contributed by atoms with Gasteiger partial charge in [-0.3, -0.25) is 4.79 Å². The average Bonchev–Trinajstić information content (AvgIpc) is 3.37. The highest BCUT2D eigenvalue weighted by Gasteiger charge is 2.35. The van der Waals surface area contributed by atoms with Gasteiger partial charge in [0.25, 0.3) is 0 Å². The van der Waals surface area contributed by atoms with E-state index >= 15 is 0 Å². The van der Waals surface area contributed by atoms with Crippen molar-refractivity contribution in [3.8, 4) is 11.4 Å². The fraction of sp³-hybridized carbons (Fsp3) is 0.400. The Bertz CT molecular complexity index is 1280. The van der Waals surface area contributed by atoms with Gasteiger partial charge in [0, 0.05) is 30.8 Å². The number of rotatable bonds is 9. The second-order valence-electron chi connectivity index (χ2n) is 8.71. The van der Waals surface area contributed by atoms with E-state index in [4.69, 9.17) is 20.9 Å². The van der Waals surface area contributed by atoms with Crippen LogP contribution in [-0.4, -0.2) is 67.0 Å². The predicted octanol–water partition coefficient (Wildman–Crippen LogP) is 4.09. The van der Waals surface area contributed by atoms with Crippen LogP contribution in [0, 0.1) is 6.92 Å². The number of carbonyl (C=O) groups is 1. The number of halogens is 1. The molecular formula is C25H29ClN4O5S. The van der Waals surface area contributed by atoms with Crippen LogP contribution >= 0.6 is 11.6 Å². The molecule has 4 rings (SSSR count). The third-order valence-electron chi connectivity index (χ3n) is 6.17. The van der Waals surface area contributed by atoms with E-state index in [1.54, 1.807) is 53.4 Å². The SMILES string of the molecule is COCCN(CC(=O)N1CCCCC1c1nc(-c2ccc(Cl)cc2)no1)S(=O)(=O)c1ccc(C)cc1. The Morgan fingerprint density at radius 2 is 1.89 bits per heavy atom. The van der Waals surface area contributed by atoms with Crippen LogP contribution in [0.4, 0.5) is 0 Å². The molecule has 1 aromatic heterocycles. The van der Waals surface area contributed by atoms with E-state index in [1.807, 2.05) is 6.92 Å². The first kappa shape index (κ1) is 26.3. The number of aromatic nitrogens is 2. The molecule has 192 valence electrons. The van der Waals surface area contributed by atoms with Gasteiger partial charge in [-0.15, -0.1) is 0 Å². The van der Waals surface area contributed by atoms with Crippen molar-refractivity contribution in [2.24, 2.45) is 0 Å². The normalized spacial score (nSPS) is 16.4. The Labute approximate surface area is 216 Å². The van der Waals surface area contributed by atoms with E-state index in [0.717, 1.165) is 24.0 Å². The number of sulfonamides is 1. The highest BCUT2D eigenvalue weighted by atomic mass is 35.5. The molecule has 1 atom stereocenters. The summed E-state index contributed by atoms with van der Waals surface area (Å²) in [5.41, 5.74) is 1.69. The second-order valence-corrected chi connectivity index (χ2v) is 11.1. The maximum atomic E-state index is 13.5. The Morgan fingerprint density at radius 3 is 2.58 bits per heavy atom. The molecule has 1 amide bonds. The topological polar surface area (TPSA) is 106 Å². The smallest absolute Gasteiger partial charge is 0.249 e. The molecule has 0 aliphatic carbocycles. The van der Waals surface area contributed by atoms with Gasteiger partial charge in [-0.1, -0.05) is 34.5 Å². The van der Waals surface area contributed by atoms with Gasteiger partial charge < -0.3 is 14.2 Å². The Balaban J connectivity index is 1.55. The van der Waals surface area contributed by atoms with E-state index in [2.05, 4.69) is 10.1 Å². The zero-order valence-corrected chi connectivity index (χ0v) is 21.8. The number of hydrogen-bond donors (Lipinski definition) is 0. The van der Waals surface area contributed by atoms with Crippen molar-refractivity contribution in [3.63, 3.8) is 0 Å². The summed E-state index contributed by atoms with van der Waals surface area (Å²) in [6, 6.07) is 13.2. The number of amides is 1. The monoisotopic (exact) mass is 532 g/mol. The quantitative estimate of drug-likeness (QED) is 0.408. The van der Waals surface area contributed by atoms with Gasteiger partial charge in [-0.05, 0) is 62.6 Å². The first-order valence-electron chi connectivity index (χ1n) is 11.7. The van der Waals surface area contributed by atoms with Crippen LogP contribution in [-0.2, 0) is 19.6 Å². The number of carbonyl (C=O) groups excluding carboxylic acids is 1. The van der Waals surface area contributed by atoms with Gasteiger partial charge in [0.05, 0.1) is 18.0 Å². The van der Waals surface area contributed by atoms with Gasteiger partial charge in [-0.2, -0.15) is 9.29 Å². The molecule has 2 aromatic carbocycles. The first-order chi connectivity index (χ1) is 17.3. The largest absolute Gasteiger partial charge is 0.383 e. The molecule has 11 heteroatoms. The van der Waals surface area contributed by atoms with Crippen molar-refractivity contribution in [2.45, 2.75) is 37.1 Å². The van der Waals surface area contributed by atoms with Crippen LogP contribution in [0.1, 0.15) is 36.8 Å². The molecule has 1 aliphatic rings. The average molecular weight is 533 g/mol. The highest BCUT2D eigenvalue weighted by Crippen LogP contribution is 2.32. The molecule has 1 fully saturated rings. The van der Waals surface area contributed by atoms with Crippen LogP contribution in [0.3, 0.4) is 0 Å². The molecule has 0 radical (unpaired) electrons. The Morgan fingerprint density at radius 1 is 1.17 bits per heavy atom. The van der Waals surface area contributed by atoms with E-state index in [0.29, 0.717) is 29.7 Å². The minimum atomic E-state index is -3.90. The lowest BCUT2D eigenvalue weighted by Gasteiger charge is -2.34. The lowest BCUT2D eigenvalue weighted by atomic mass is 10.0. The molecule has 36 heavy (non-hydrogen) atoms. The number of ether oxygens (including phenoxy) is 1. The van der Waals surface area contributed by atoms with Gasteiger partial charge >= 0.3 is 0 Å². The van der Waals surface area contributed by atoms with Gasteiger partial charge in [0.15, 0.2) is 0 Å². The number of hydrogen-bond acceptors (Lipinski definition) is 7. The minimum Gasteiger partial charge on any atom is -0.383 e. The maximum Gasteiger partial charge on any atom is 0.249 e. The fourth-order valence-corrected chi connectivity index (χ4v) is 5.65. The zero-order chi connectivity index (χ0) is 25.7. The van der Waals surface area contributed by atoms with Crippen molar-refractivity contribution in [1.82, 2.24) is 19.3 Å². The van der Waals surface area contributed by atoms with Crippen LogP contribution in [0.25, 0.3) is 11.4 Å². The summed E-state index contributed by atoms with van der Waals surface area (Å²) in [5.74, 6) is 0.416. The molecule has 1 unspecified atom stereocenters. The van der Waals surface area contributed by atoms with E-state index in [1.165, 1.54) is 11.4 Å². The standard InChI is InChI=1S/C25H29ClN4O5S/c1-18-6-12-21(13-7-18)36(32,33)29(15-16-34-2)17-23(31)30-14-4-3-5-22(30)25-27-24(28-35-25)19-8-10-20(26)11-9-19/h6-13,22H,3-5,14-17H2,1-2H3. The van der Waals surface area contributed by atoms with E-state index in [-0.39, 0.29) is 30.5 Å². The molecule has 9 nitrogen and oxygen atoms in total. The van der Waals surface area contributed by atoms with Crippen molar-refractivity contribution < 1.29 is 22.5 Å². The summed E-state index contributed by atoms with van der Waals surface area (Å²) in [6.45, 7) is 2.27. The van der Waals surface area contributed by atoms with Crippen molar-refractivity contribution >= 4 is 27.5 Å². The van der Waals surface area contributed by atoms with Gasteiger partial charge in [0.1, 0.15) is 6.04 Å². The third kappa shape index (κ3) is 5.95. The molecule has 1 aliphatic heterocycles. The molecule has 0 N–H and O–H groups in total. The predicted molar refractivity (Wildman–Crippen MR) is 135 cm³/mol. The van der Waals surface area contributed by atoms with Gasteiger partial charge in [0.2, 0.25) is 27.6 Å². The zero-order valence-electron chi connectivity index (χ0n) is 20.3. The first-order valence-corrected chi connectivity index (χ1v) is 13.6. The van der Waals surface area contributed by atoms with Crippen molar-refractivity contribution in [2.75, 3.05) is 33.4 Å². The lowest BCUT2D eigenvalue weighted by molar-refractivity contribution is -0.136. The number of piperidine rings is 1. The van der Waals surface area contributed by atoms with Crippen LogP contribution in [0.5, 0.6) is 0 Å². The summed E-state index contributed by atoms with van der Waals surface area (Å²) in [7, 11) is -2.40. The van der Waals surface area contributed by atoms with E-state index in [9.17, 15) is 13.2 Å². The van der Waals surface area contributed by atoms with E-state index < -0.39 is 16.1 Å². The fourth-order valence-electron chi connectivity index (χ4n) is 4.15. The maximum absolute atomic E-state index is 13.5. The molecular weight excluding hydrogens is 504 g/mol. The lowest BCUT2D eigenvalue weighted by Crippen LogP contribution is -2.46. The number of likely N-dealkylation sites (tertiary alicyclic amines) is 1. The Hall–Kier alpha value is -2.79. The molecule has 1 saturated heterocycles. The molecule has 0 saturated carbocycles. The number of methoxy groups -OCH3 is 1. The highest BCUT2D eigenvalue weighted by molar-refractivity contribution is 7.89. The van der Waals surface area contributed by atoms with Crippen molar-refractivity contribution in [1.29, 1.82) is 0 Å². The molecule has 3 aromatic rings. The summed E-state index contributed by atoms with van der Waals surface area (Å²) < 4.78 is 38.5. The second kappa shape index (κ2) is 11.5. The van der Waals surface area contributed by atoms with Crippen molar-refractivity contribution in [3.05, 3.63) is 65.0 Å². The number of nitrogens with zero attached hydrogens (tertiary/aromatic N) is 4. The summed E-state index contributed by atoms with van der Waals surface area (Å²) in [5, 5.41) is 4.68.